The van der Waals surface area contributed by atoms with Crippen molar-refractivity contribution >= 4 is 0 Å². The molecule has 2 N–H and O–H groups in total. The summed E-state index contributed by atoms with van der Waals surface area (Å²) in [5, 5.41) is 0. The van der Waals surface area contributed by atoms with Crippen molar-refractivity contribution in [2.75, 3.05) is 26.3 Å². The second-order valence-corrected chi connectivity index (χ2v) is 3.73. The fourth-order valence-electron chi connectivity index (χ4n) is 1.46. The lowest BCUT2D eigenvalue weighted by molar-refractivity contribution is -0.00120. The predicted molar refractivity (Wildman–Crippen MR) is 50.1 cm³/mol. The summed E-state index contributed by atoms with van der Waals surface area (Å²) in [4.78, 5) is 2.45. The zero-order chi connectivity index (χ0) is 8.97. The first-order valence-electron chi connectivity index (χ1n) is 4.77. The minimum absolute atomic E-state index is 0.319. The van der Waals surface area contributed by atoms with E-state index in [1.807, 2.05) is 0 Å². The van der Waals surface area contributed by atoms with Gasteiger partial charge in [0.15, 0.2) is 0 Å². The minimum atomic E-state index is 0.319. The van der Waals surface area contributed by atoms with Crippen molar-refractivity contribution in [1.29, 1.82) is 0 Å². The van der Waals surface area contributed by atoms with E-state index in [1.54, 1.807) is 0 Å². The van der Waals surface area contributed by atoms with Crippen LogP contribution in [-0.4, -0.2) is 43.3 Å². The molecule has 0 aromatic rings. The number of morpholine rings is 1. The standard InChI is InChI=1S/C9H20N2O/c1-8(10)3-4-11-5-6-12-7-9(11)2/h8-9H,3-7,10H2,1-2H3. The van der Waals surface area contributed by atoms with E-state index in [0.717, 1.165) is 32.7 Å². The third-order valence-corrected chi connectivity index (χ3v) is 2.38. The summed E-state index contributed by atoms with van der Waals surface area (Å²) in [6.07, 6.45) is 1.09. The van der Waals surface area contributed by atoms with Crippen LogP contribution in [-0.2, 0) is 4.74 Å². The Labute approximate surface area is 74.9 Å². The Morgan fingerprint density at radius 2 is 2.42 bits per heavy atom. The molecule has 12 heavy (non-hydrogen) atoms. The topological polar surface area (TPSA) is 38.5 Å². The van der Waals surface area contributed by atoms with Crippen molar-refractivity contribution in [2.24, 2.45) is 5.73 Å². The largest absolute Gasteiger partial charge is 0.379 e. The number of nitrogens with two attached hydrogens (primary N) is 1. The van der Waals surface area contributed by atoms with Gasteiger partial charge in [0.1, 0.15) is 0 Å². The van der Waals surface area contributed by atoms with Gasteiger partial charge in [0, 0.05) is 25.2 Å². The van der Waals surface area contributed by atoms with Gasteiger partial charge in [0.2, 0.25) is 0 Å². The van der Waals surface area contributed by atoms with Gasteiger partial charge in [-0.05, 0) is 20.3 Å². The van der Waals surface area contributed by atoms with Crippen LogP contribution in [0.1, 0.15) is 20.3 Å². The first-order chi connectivity index (χ1) is 5.70. The molecule has 1 saturated heterocycles. The lowest BCUT2D eigenvalue weighted by Crippen LogP contribution is -2.44. The van der Waals surface area contributed by atoms with E-state index in [0.29, 0.717) is 12.1 Å². The Morgan fingerprint density at radius 3 is 3.00 bits per heavy atom. The molecule has 0 radical (unpaired) electrons. The SMILES string of the molecule is CC(N)CCN1CCOCC1C. The molecule has 0 bridgehead atoms. The maximum absolute atomic E-state index is 5.70. The van der Waals surface area contributed by atoms with Crippen LogP contribution < -0.4 is 5.73 Å². The van der Waals surface area contributed by atoms with E-state index in [9.17, 15) is 0 Å². The Morgan fingerprint density at radius 1 is 1.67 bits per heavy atom. The van der Waals surface area contributed by atoms with Crippen LogP contribution in [0.4, 0.5) is 0 Å². The number of ether oxygens (including phenoxy) is 1. The molecule has 0 saturated carbocycles. The van der Waals surface area contributed by atoms with Crippen molar-refractivity contribution in [3.05, 3.63) is 0 Å². The van der Waals surface area contributed by atoms with Gasteiger partial charge >= 0.3 is 0 Å². The third-order valence-electron chi connectivity index (χ3n) is 2.38. The first kappa shape index (κ1) is 9.96. The lowest BCUT2D eigenvalue weighted by atomic mass is 10.2. The molecule has 1 fully saturated rings. The van der Waals surface area contributed by atoms with Crippen molar-refractivity contribution in [3.8, 4) is 0 Å². The van der Waals surface area contributed by atoms with Crippen LogP contribution in [0.15, 0.2) is 0 Å². The third kappa shape index (κ3) is 3.09. The molecular weight excluding hydrogens is 152 g/mol. The van der Waals surface area contributed by atoms with Gasteiger partial charge in [-0.15, -0.1) is 0 Å². The van der Waals surface area contributed by atoms with Gasteiger partial charge in [-0.1, -0.05) is 0 Å². The molecule has 1 rings (SSSR count). The van der Waals surface area contributed by atoms with Gasteiger partial charge < -0.3 is 10.5 Å². The van der Waals surface area contributed by atoms with Gasteiger partial charge in [0.25, 0.3) is 0 Å². The summed E-state index contributed by atoms with van der Waals surface area (Å²) in [5.74, 6) is 0. The highest BCUT2D eigenvalue weighted by Crippen LogP contribution is 2.06. The van der Waals surface area contributed by atoms with Crippen molar-refractivity contribution < 1.29 is 4.74 Å². The van der Waals surface area contributed by atoms with Crippen LogP contribution in [0.3, 0.4) is 0 Å². The molecule has 0 spiro atoms. The summed E-state index contributed by atoms with van der Waals surface area (Å²) in [6, 6.07) is 0.887. The Hall–Kier alpha value is -0.120. The molecule has 0 aliphatic carbocycles. The molecule has 2 atom stereocenters. The van der Waals surface area contributed by atoms with E-state index in [2.05, 4.69) is 18.7 Å². The molecule has 0 aromatic heterocycles. The smallest absolute Gasteiger partial charge is 0.0619 e. The van der Waals surface area contributed by atoms with E-state index < -0.39 is 0 Å². The Kier molecular flexibility index (Phi) is 3.98. The molecule has 1 aliphatic rings. The van der Waals surface area contributed by atoms with Crippen molar-refractivity contribution in [2.45, 2.75) is 32.4 Å². The first-order valence-corrected chi connectivity index (χ1v) is 4.77. The predicted octanol–water partition coefficient (Wildman–Crippen LogP) is 0.444. The highest BCUT2D eigenvalue weighted by molar-refractivity contribution is 4.71. The maximum Gasteiger partial charge on any atom is 0.0619 e. The van der Waals surface area contributed by atoms with E-state index >= 15 is 0 Å². The number of nitrogens with zero attached hydrogens (tertiary/aromatic N) is 1. The van der Waals surface area contributed by atoms with Gasteiger partial charge in [0.05, 0.1) is 13.2 Å². The van der Waals surface area contributed by atoms with E-state index in [-0.39, 0.29) is 0 Å². The van der Waals surface area contributed by atoms with Crippen molar-refractivity contribution in [3.63, 3.8) is 0 Å². The zero-order valence-corrected chi connectivity index (χ0v) is 8.12. The second kappa shape index (κ2) is 4.80. The van der Waals surface area contributed by atoms with E-state index in [4.69, 9.17) is 10.5 Å². The highest BCUT2D eigenvalue weighted by atomic mass is 16.5. The summed E-state index contributed by atoms with van der Waals surface area (Å²) < 4.78 is 5.35. The zero-order valence-electron chi connectivity index (χ0n) is 8.12. The van der Waals surface area contributed by atoms with Crippen LogP contribution in [0.5, 0.6) is 0 Å². The minimum Gasteiger partial charge on any atom is -0.379 e. The quantitative estimate of drug-likeness (QED) is 0.671. The molecule has 3 nitrogen and oxygen atoms in total. The number of hydrogen-bond acceptors (Lipinski definition) is 3. The fraction of sp³-hybridized carbons (Fsp3) is 1.00. The van der Waals surface area contributed by atoms with Gasteiger partial charge in [-0.3, -0.25) is 4.90 Å². The average molecular weight is 172 g/mol. The summed E-state index contributed by atoms with van der Waals surface area (Å²) in [5.41, 5.74) is 5.70. The monoisotopic (exact) mass is 172 g/mol. The molecule has 1 heterocycles. The highest BCUT2D eigenvalue weighted by Gasteiger charge is 2.17. The summed E-state index contributed by atoms with van der Waals surface area (Å²) in [6.45, 7) is 8.20. The van der Waals surface area contributed by atoms with Gasteiger partial charge in [-0.25, -0.2) is 0 Å². The Balaban J connectivity index is 2.20. The van der Waals surface area contributed by atoms with Crippen LogP contribution >= 0.6 is 0 Å². The fourth-order valence-corrected chi connectivity index (χ4v) is 1.46. The van der Waals surface area contributed by atoms with Crippen LogP contribution in [0.2, 0.25) is 0 Å². The van der Waals surface area contributed by atoms with Crippen molar-refractivity contribution in [1.82, 2.24) is 4.90 Å². The molecule has 0 aromatic carbocycles. The molecule has 72 valence electrons. The van der Waals surface area contributed by atoms with E-state index in [1.165, 1.54) is 0 Å². The summed E-state index contributed by atoms with van der Waals surface area (Å²) in [7, 11) is 0. The number of rotatable bonds is 3. The molecule has 3 heteroatoms. The summed E-state index contributed by atoms with van der Waals surface area (Å²) >= 11 is 0. The molecular formula is C9H20N2O. The molecule has 2 unspecified atom stereocenters. The van der Waals surface area contributed by atoms with Crippen LogP contribution in [0, 0.1) is 0 Å². The molecule has 0 amide bonds. The lowest BCUT2D eigenvalue weighted by Gasteiger charge is -2.33. The average Bonchev–Trinajstić information content (AvgIpc) is 2.03. The number of hydrogen-bond donors (Lipinski definition) is 1. The Bertz CT molecular complexity index is 128. The maximum atomic E-state index is 5.70. The van der Waals surface area contributed by atoms with Gasteiger partial charge in [-0.2, -0.15) is 0 Å². The van der Waals surface area contributed by atoms with Crippen LogP contribution in [0.25, 0.3) is 0 Å². The molecule has 1 aliphatic heterocycles. The second-order valence-electron chi connectivity index (χ2n) is 3.73. The normalized spacial score (nSPS) is 28.8.